The van der Waals surface area contributed by atoms with Gasteiger partial charge in [-0.15, -0.1) is 0 Å². The lowest BCUT2D eigenvalue weighted by molar-refractivity contribution is 0.155. The average molecular weight is 324 g/mol. The molecule has 0 saturated heterocycles. The molecule has 1 aliphatic carbocycles. The number of aliphatic hydroxyl groups excluding tert-OH is 1. The van der Waals surface area contributed by atoms with Crippen molar-refractivity contribution in [2.24, 2.45) is 0 Å². The molecule has 0 amide bonds. The van der Waals surface area contributed by atoms with Crippen molar-refractivity contribution in [3.8, 4) is 0 Å². The number of fused-ring (bicyclic) bond motifs is 1. The molecule has 3 rings (SSSR count). The Morgan fingerprint density at radius 1 is 1.29 bits per heavy atom. The topological polar surface area (TPSA) is 25.2 Å². The van der Waals surface area contributed by atoms with Crippen molar-refractivity contribution in [1.82, 2.24) is 4.57 Å². The van der Waals surface area contributed by atoms with E-state index in [1.807, 2.05) is 12.1 Å². The van der Waals surface area contributed by atoms with Gasteiger partial charge in [-0.05, 0) is 56.4 Å². The zero-order chi connectivity index (χ0) is 15.0. The molecular weight excluding hydrogens is 305 g/mol. The first kappa shape index (κ1) is 15.0. The van der Waals surface area contributed by atoms with Crippen LogP contribution in [0, 0.1) is 6.92 Å². The van der Waals surface area contributed by atoms with Gasteiger partial charge in [0.1, 0.15) is 0 Å². The Morgan fingerprint density at radius 2 is 2.10 bits per heavy atom. The molecule has 2 nitrogen and oxygen atoms in total. The molecule has 0 fully saturated rings. The number of nitrogens with zero attached hydrogens (tertiary/aromatic N) is 1. The van der Waals surface area contributed by atoms with Crippen molar-refractivity contribution in [2.75, 3.05) is 0 Å². The van der Waals surface area contributed by atoms with Crippen LogP contribution in [0.5, 0.6) is 0 Å². The summed E-state index contributed by atoms with van der Waals surface area (Å²) >= 11 is 12.2. The SMILES string of the molecule is Cc1cc2c(n1CCc1ccc(Cl)cc1Cl)CCCC2O. The van der Waals surface area contributed by atoms with Gasteiger partial charge in [0.15, 0.2) is 0 Å². The van der Waals surface area contributed by atoms with Gasteiger partial charge in [-0.2, -0.15) is 0 Å². The maximum Gasteiger partial charge on any atom is 0.0807 e. The van der Waals surface area contributed by atoms with Crippen LogP contribution < -0.4 is 0 Å². The van der Waals surface area contributed by atoms with E-state index < -0.39 is 0 Å². The van der Waals surface area contributed by atoms with E-state index in [4.69, 9.17) is 23.2 Å². The summed E-state index contributed by atoms with van der Waals surface area (Å²) in [6, 6.07) is 7.79. The Balaban J connectivity index is 1.82. The van der Waals surface area contributed by atoms with Crippen LogP contribution in [0.25, 0.3) is 0 Å². The minimum atomic E-state index is -0.298. The highest BCUT2D eigenvalue weighted by atomic mass is 35.5. The van der Waals surface area contributed by atoms with E-state index in [9.17, 15) is 5.11 Å². The zero-order valence-corrected chi connectivity index (χ0v) is 13.6. The summed E-state index contributed by atoms with van der Waals surface area (Å²) in [5, 5.41) is 11.5. The molecule has 0 spiro atoms. The molecule has 4 heteroatoms. The second-order valence-electron chi connectivity index (χ2n) is 5.73. The van der Waals surface area contributed by atoms with E-state index in [2.05, 4.69) is 17.6 Å². The monoisotopic (exact) mass is 323 g/mol. The molecule has 1 aliphatic rings. The highest BCUT2D eigenvalue weighted by Gasteiger charge is 2.22. The molecule has 0 aliphatic heterocycles. The second-order valence-corrected chi connectivity index (χ2v) is 6.58. The molecule has 2 aromatic rings. The van der Waals surface area contributed by atoms with Crippen molar-refractivity contribution in [3.63, 3.8) is 0 Å². The van der Waals surface area contributed by atoms with Crippen molar-refractivity contribution < 1.29 is 5.11 Å². The predicted octanol–water partition coefficient (Wildman–Crippen LogP) is 4.72. The van der Waals surface area contributed by atoms with Crippen LogP contribution in [0.4, 0.5) is 0 Å². The number of aliphatic hydroxyl groups is 1. The Hall–Kier alpha value is -0.960. The second kappa shape index (κ2) is 6.04. The molecular formula is C17H19Cl2NO. The summed E-state index contributed by atoms with van der Waals surface area (Å²) in [7, 11) is 0. The van der Waals surface area contributed by atoms with Crippen molar-refractivity contribution in [1.29, 1.82) is 0 Å². The first-order valence-electron chi connectivity index (χ1n) is 7.37. The highest BCUT2D eigenvalue weighted by molar-refractivity contribution is 6.35. The third-order valence-electron chi connectivity index (χ3n) is 4.32. The first-order valence-corrected chi connectivity index (χ1v) is 8.12. The van der Waals surface area contributed by atoms with E-state index in [1.54, 1.807) is 6.07 Å². The maximum absolute atomic E-state index is 10.1. The van der Waals surface area contributed by atoms with Crippen LogP contribution in [-0.2, 0) is 19.4 Å². The van der Waals surface area contributed by atoms with Crippen molar-refractivity contribution in [3.05, 3.63) is 56.8 Å². The Morgan fingerprint density at radius 3 is 2.86 bits per heavy atom. The Bertz CT molecular complexity index is 663. The van der Waals surface area contributed by atoms with Gasteiger partial charge in [0.25, 0.3) is 0 Å². The number of hydrogen-bond acceptors (Lipinski definition) is 1. The fourth-order valence-electron chi connectivity index (χ4n) is 3.21. The quantitative estimate of drug-likeness (QED) is 0.868. The minimum Gasteiger partial charge on any atom is -0.388 e. The lowest BCUT2D eigenvalue weighted by Gasteiger charge is -2.20. The number of aryl methyl sites for hydroxylation is 2. The first-order chi connectivity index (χ1) is 10.1. The Kier molecular flexibility index (Phi) is 4.30. The average Bonchev–Trinajstić information content (AvgIpc) is 2.76. The van der Waals surface area contributed by atoms with Crippen LogP contribution in [0.2, 0.25) is 10.0 Å². The van der Waals surface area contributed by atoms with Gasteiger partial charge < -0.3 is 9.67 Å². The van der Waals surface area contributed by atoms with E-state index >= 15 is 0 Å². The number of rotatable bonds is 3. The van der Waals surface area contributed by atoms with Gasteiger partial charge in [-0.1, -0.05) is 29.3 Å². The molecule has 1 atom stereocenters. The lowest BCUT2D eigenvalue weighted by Crippen LogP contribution is -2.13. The smallest absolute Gasteiger partial charge is 0.0807 e. The molecule has 1 aromatic carbocycles. The molecule has 1 N–H and O–H groups in total. The summed E-state index contributed by atoms with van der Waals surface area (Å²) in [5.74, 6) is 0. The third kappa shape index (κ3) is 2.98. The fraction of sp³-hybridized carbons (Fsp3) is 0.412. The minimum absolute atomic E-state index is 0.298. The molecule has 21 heavy (non-hydrogen) atoms. The van der Waals surface area contributed by atoms with Gasteiger partial charge in [-0.3, -0.25) is 0 Å². The molecule has 1 unspecified atom stereocenters. The van der Waals surface area contributed by atoms with Crippen LogP contribution >= 0.6 is 23.2 Å². The van der Waals surface area contributed by atoms with E-state index in [0.717, 1.165) is 48.4 Å². The predicted molar refractivity (Wildman–Crippen MR) is 87.2 cm³/mol. The largest absolute Gasteiger partial charge is 0.388 e. The van der Waals surface area contributed by atoms with Gasteiger partial charge in [0.05, 0.1) is 6.10 Å². The van der Waals surface area contributed by atoms with E-state index in [0.29, 0.717) is 5.02 Å². The fourth-order valence-corrected chi connectivity index (χ4v) is 3.71. The van der Waals surface area contributed by atoms with Gasteiger partial charge in [0.2, 0.25) is 0 Å². The summed E-state index contributed by atoms with van der Waals surface area (Å²) < 4.78 is 2.32. The van der Waals surface area contributed by atoms with Crippen molar-refractivity contribution >= 4 is 23.2 Å². The van der Waals surface area contributed by atoms with Crippen LogP contribution in [0.15, 0.2) is 24.3 Å². The standard InChI is InChI=1S/C17H19Cl2NO/c1-11-9-14-16(3-2-4-17(14)21)20(11)8-7-12-5-6-13(18)10-15(12)19/h5-6,9-10,17,21H,2-4,7-8H2,1H3. The summed E-state index contributed by atoms with van der Waals surface area (Å²) in [4.78, 5) is 0. The van der Waals surface area contributed by atoms with Crippen LogP contribution in [-0.4, -0.2) is 9.67 Å². The van der Waals surface area contributed by atoms with Crippen LogP contribution in [0.3, 0.4) is 0 Å². The van der Waals surface area contributed by atoms with Gasteiger partial charge in [-0.25, -0.2) is 0 Å². The molecule has 1 heterocycles. The van der Waals surface area contributed by atoms with Crippen molar-refractivity contribution in [2.45, 2.75) is 45.3 Å². The lowest BCUT2D eigenvalue weighted by atomic mass is 9.95. The molecule has 112 valence electrons. The summed E-state index contributed by atoms with van der Waals surface area (Å²) in [6.07, 6.45) is 3.55. The molecule has 0 radical (unpaired) electrons. The summed E-state index contributed by atoms with van der Waals surface area (Å²) in [6.45, 7) is 2.99. The molecule has 0 bridgehead atoms. The zero-order valence-electron chi connectivity index (χ0n) is 12.1. The van der Waals surface area contributed by atoms with E-state index in [1.165, 1.54) is 11.4 Å². The van der Waals surface area contributed by atoms with Gasteiger partial charge in [0, 0.05) is 33.5 Å². The molecule has 0 saturated carbocycles. The van der Waals surface area contributed by atoms with E-state index in [-0.39, 0.29) is 6.10 Å². The number of aromatic nitrogens is 1. The number of hydrogen-bond donors (Lipinski definition) is 1. The highest BCUT2D eigenvalue weighted by Crippen LogP contribution is 2.32. The summed E-state index contributed by atoms with van der Waals surface area (Å²) in [5.41, 5.74) is 4.72. The Labute approximate surface area is 135 Å². The van der Waals surface area contributed by atoms with Crippen LogP contribution in [0.1, 0.15) is 41.5 Å². The number of benzene rings is 1. The normalized spacial score (nSPS) is 17.8. The molecule has 1 aromatic heterocycles. The number of halogens is 2. The van der Waals surface area contributed by atoms with Gasteiger partial charge >= 0.3 is 0 Å². The third-order valence-corrected chi connectivity index (χ3v) is 4.91. The maximum atomic E-state index is 10.1.